The van der Waals surface area contributed by atoms with Crippen LogP contribution in [0.15, 0.2) is 12.1 Å². The second-order valence-corrected chi connectivity index (χ2v) is 6.21. The summed E-state index contributed by atoms with van der Waals surface area (Å²) < 4.78 is 21.1. The van der Waals surface area contributed by atoms with Crippen molar-refractivity contribution >= 4 is 22.6 Å². The van der Waals surface area contributed by atoms with Gasteiger partial charge in [-0.2, -0.15) is 0 Å². The molecule has 0 bridgehead atoms. The molecule has 0 spiro atoms. The summed E-state index contributed by atoms with van der Waals surface area (Å²) in [6, 6.07) is 3.35. The molecule has 0 fully saturated rings. The third-order valence-electron chi connectivity index (χ3n) is 4.22. The summed E-state index contributed by atoms with van der Waals surface area (Å²) in [4.78, 5) is 4.52. The predicted octanol–water partition coefficient (Wildman–Crippen LogP) is 5.09. The minimum absolute atomic E-state index is 0.228. The van der Waals surface area contributed by atoms with Crippen LogP contribution in [0, 0.1) is 11.7 Å². The third-order valence-corrected chi connectivity index (χ3v) is 4.42. The molecule has 5 heteroatoms. The molecule has 116 valence electrons. The first-order valence-electron chi connectivity index (χ1n) is 7.30. The van der Waals surface area contributed by atoms with Crippen molar-refractivity contribution in [2.45, 2.75) is 45.5 Å². The Morgan fingerprint density at radius 3 is 2.52 bits per heavy atom. The maximum absolute atomic E-state index is 13.9. The van der Waals surface area contributed by atoms with Crippen LogP contribution >= 0.6 is 11.6 Å². The lowest BCUT2D eigenvalue weighted by molar-refractivity contribution is 0.367. The van der Waals surface area contributed by atoms with E-state index >= 15 is 0 Å². The molecule has 3 unspecified atom stereocenters. The monoisotopic (exact) mass is 312 g/mol. The van der Waals surface area contributed by atoms with E-state index in [0.717, 1.165) is 17.8 Å². The van der Waals surface area contributed by atoms with Gasteiger partial charge in [-0.05, 0) is 19.8 Å². The summed E-state index contributed by atoms with van der Waals surface area (Å²) in [6.07, 6.45) is 1.05. The van der Waals surface area contributed by atoms with Gasteiger partial charge >= 0.3 is 0 Å². The standard InChI is InChI=1S/C16H22ClFN2O/c1-6-9(2)11(4)20-14-8-15(21-5)12(18)7-13(14)19-16(20)10(3)17/h7-11H,6H2,1-5H3. The molecule has 1 heterocycles. The summed E-state index contributed by atoms with van der Waals surface area (Å²) in [7, 11) is 1.47. The Kier molecular flexibility index (Phi) is 4.77. The van der Waals surface area contributed by atoms with Crippen molar-refractivity contribution in [1.82, 2.24) is 9.55 Å². The second kappa shape index (κ2) is 6.22. The highest BCUT2D eigenvalue weighted by atomic mass is 35.5. The van der Waals surface area contributed by atoms with Gasteiger partial charge in [-0.1, -0.05) is 20.3 Å². The Morgan fingerprint density at radius 1 is 1.33 bits per heavy atom. The average Bonchev–Trinajstić information content (AvgIpc) is 2.82. The van der Waals surface area contributed by atoms with Gasteiger partial charge < -0.3 is 9.30 Å². The van der Waals surface area contributed by atoms with Gasteiger partial charge in [-0.3, -0.25) is 0 Å². The van der Waals surface area contributed by atoms with E-state index in [1.165, 1.54) is 13.2 Å². The van der Waals surface area contributed by atoms with E-state index in [9.17, 15) is 4.39 Å². The summed E-state index contributed by atoms with van der Waals surface area (Å²) in [5, 5.41) is -0.238. The predicted molar refractivity (Wildman–Crippen MR) is 84.7 cm³/mol. The highest BCUT2D eigenvalue weighted by Gasteiger charge is 2.23. The van der Waals surface area contributed by atoms with Gasteiger partial charge in [0.15, 0.2) is 11.6 Å². The molecule has 0 radical (unpaired) electrons. The average molecular weight is 313 g/mol. The number of alkyl halides is 1. The highest BCUT2D eigenvalue weighted by molar-refractivity contribution is 6.20. The number of rotatable bonds is 5. The van der Waals surface area contributed by atoms with Crippen LogP contribution in [0.4, 0.5) is 4.39 Å². The fraction of sp³-hybridized carbons (Fsp3) is 0.562. The molecular formula is C16H22ClFN2O. The molecule has 21 heavy (non-hydrogen) atoms. The molecule has 0 saturated heterocycles. The number of ether oxygens (including phenoxy) is 1. The highest BCUT2D eigenvalue weighted by Crippen LogP contribution is 2.34. The molecule has 3 nitrogen and oxygen atoms in total. The van der Waals surface area contributed by atoms with Crippen LogP contribution in [0.1, 0.15) is 51.4 Å². The zero-order valence-electron chi connectivity index (χ0n) is 13.2. The van der Waals surface area contributed by atoms with Crippen molar-refractivity contribution in [3.05, 3.63) is 23.8 Å². The molecule has 1 aromatic carbocycles. The lowest BCUT2D eigenvalue weighted by Gasteiger charge is -2.24. The van der Waals surface area contributed by atoms with E-state index in [-0.39, 0.29) is 17.2 Å². The zero-order valence-corrected chi connectivity index (χ0v) is 13.9. The Morgan fingerprint density at radius 2 is 2.00 bits per heavy atom. The molecule has 0 saturated carbocycles. The number of benzene rings is 1. The number of halogens is 2. The number of hydrogen-bond donors (Lipinski definition) is 0. The zero-order chi connectivity index (χ0) is 15.7. The molecule has 0 N–H and O–H groups in total. The SMILES string of the molecule is CCC(C)C(C)n1c(C(C)Cl)nc2cc(F)c(OC)cc21. The molecule has 0 aliphatic heterocycles. The van der Waals surface area contributed by atoms with Gasteiger partial charge in [0.05, 0.1) is 23.5 Å². The second-order valence-electron chi connectivity index (χ2n) is 5.56. The van der Waals surface area contributed by atoms with Crippen molar-refractivity contribution in [1.29, 1.82) is 0 Å². The van der Waals surface area contributed by atoms with Crippen molar-refractivity contribution in [2.75, 3.05) is 7.11 Å². The molecule has 3 atom stereocenters. The lowest BCUT2D eigenvalue weighted by atomic mass is 10.0. The molecular weight excluding hydrogens is 291 g/mol. The van der Waals surface area contributed by atoms with E-state index < -0.39 is 5.82 Å². The number of fused-ring (bicyclic) bond motifs is 1. The van der Waals surface area contributed by atoms with E-state index in [4.69, 9.17) is 16.3 Å². The first-order chi connectivity index (χ1) is 9.90. The Bertz CT molecular complexity index is 639. The summed E-state index contributed by atoms with van der Waals surface area (Å²) in [5.41, 5.74) is 1.48. The van der Waals surface area contributed by atoms with Crippen molar-refractivity contribution < 1.29 is 9.13 Å². The van der Waals surface area contributed by atoms with E-state index in [2.05, 4.69) is 30.3 Å². The van der Waals surface area contributed by atoms with Gasteiger partial charge in [0, 0.05) is 18.2 Å². The fourth-order valence-corrected chi connectivity index (χ4v) is 2.73. The topological polar surface area (TPSA) is 27.1 Å². The van der Waals surface area contributed by atoms with Crippen LogP contribution < -0.4 is 4.74 Å². The Balaban J connectivity index is 2.71. The smallest absolute Gasteiger partial charge is 0.167 e. The lowest BCUT2D eigenvalue weighted by Crippen LogP contribution is -2.16. The van der Waals surface area contributed by atoms with Crippen molar-refractivity contribution in [2.24, 2.45) is 5.92 Å². The van der Waals surface area contributed by atoms with Crippen molar-refractivity contribution in [3.63, 3.8) is 0 Å². The number of nitrogens with zero attached hydrogens (tertiary/aromatic N) is 2. The first kappa shape index (κ1) is 16.1. The third kappa shape index (κ3) is 2.86. The molecule has 1 aromatic heterocycles. The minimum atomic E-state index is -0.403. The maximum Gasteiger partial charge on any atom is 0.167 e. The number of methoxy groups -OCH3 is 1. The maximum atomic E-state index is 13.9. The quantitative estimate of drug-likeness (QED) is 0.719. The first-order valence-corrected chi connectivity index (χ1v) is 7.73. The summed E-state index contributed by atoms with van der Waals surface area (Å²) in [5.74, 6) is 1.06. The molecule has 0 aliphatic carbocycles. The molecule has 0 aliphatic rings. The number of hydrogen-bond acceptors (Lipinski definition) is 2. The summed E-state index contributed by atoms with van der Waals surface area (Å²) >= 11 is 6.28. The number of aromatic nitrogens is 2. The van der Waals surface area contributed by atoms with E-state index in [0.29, 0.717) is 11.4 Å². The van der Waals surface area contributed by atoms with Gasteiger partial charge in [0.1, 0.15) is 5.82 Å². The van der Waals surface area contributed by atoms with E-state index in [1.54, 1.807) is 6.07 Å². The largest absolute Gasteiger partial charge is 0.494 e. The van der Waals surface area contributed by atoms with Crippen LogP contribution in [-0.2, 0) is 0 Å². The van der Waals surface area contributed by atoms with Crippen LogP contribution in [-0.4, -0.2) is 16.7 Å². The van der Waals surface area contributed by atoms with Gasteiger partial charge in [-0.25, -0.2) is 9.37 Å². The van der Waals surface area contributed by atoms with E-state index in [1.807, 2.05) is 6.92 Å². The Labute approximate surface area is 130 Å². The van der Waals surface area contributed by atoms with Gasteiger partial charge in [0.25, 0.3) is 0 Å². The van der Waals surface area contributed by atoms with Crippen molar-refractivity contribution in [3.8, 4) is 5.75 Å². The van der Waals surface area contributed by atoms with Crippen LogP contribution in [0.3, 0.4) is 0 Å². The fourth-order valence-electron chi connectivity index (χ4n) is 2.58. The normalized spacial score (nSPS) is 16.0. The summed E-state index contributed by atoms with van der Waals surface area (Å²) in [6.45, 7) is 8.38. The van der Waals surface area contributed by atoms with Gasteiger partial charge in [0.2, 0.25) is 0 Å². The Hall–Kier alpha value is -1.29. The van der Waals surface area contributed by atoms with Crippen LogP contribution in [0.2, 0.25) is 0 Å². The molecule has 0 amide bonds. The molecule has 2 aromatic rings. The number of imidazole rings is 1. The van der Waals surface area contributed by atoms with Gasteiger partial charge in [-0.15, -0.1) is 11.6 Å². The van der Waals surface area contributed by atoms with Crippen LogP contribution in [0.5, 0.6) is 5.75 Å². The molecule has 2 rings (SSSR count). The minimum Gasteiger partial charge on any atom is -0.494 e. The van der Waals surface area contributed by atoms with Crippen LogP contribution in [0.25, 0.3) is 11.0 Å².